The summed E-state index contributed by atoms with van der Waals surface area (Å²) in [5, 5.41) is 8.00. The Morgan fingerprint density at radius 2 is 1.93 bits per heavy atom. The Kier molecular flexibility index (Phi) is 5.66. The second-order valence-electron chi connectivity index (χ2n) is 6.84. The molecule has 0 spiro atoms. The summed E-state index contributed by atoms with van der Waals surface area (Å²) in [5.74, 6) is 2.38. The molecule has 1 aliphatic rings. The van der Waals surface area contributed by atoms with Gasteiger partial charge in [0.2, 0.25) is 0 Å². The Hall–Kier alpha value is -3.15. The van der Waals surface area contributed by atoms with E-state index in [0.29, 0.717) is 13.2 Å². The van der Waals surface area contributed by atoms with E-state index >= 15 is 0 Å². The van der Waals surface area contributed by atoms with Gasteiger partial charge in [-0.25, -0.2) is 0 Å². The van der Waals surface area contributed by atoms with Crippen LogP contribution in [0.5, 0.6) is 11.5 Å². The van der Waals surface area contributed by atoms with Crippen LogP contribution >= 0.6 is 0 Å². The van der Waals surface area contributed by atoms with Gasteiger partial charge in [0.1, 0.15) is 12.7 Å². The minimum Gasteiger partial charge on any atom is -0.486 e. The first kappa shape index (κ1) is 18.2. The molecule has 0 radical (unpaired) electrons. The maximum atomic E-state index is 5.97. The number of H-pyrrole nitrogens is 1. The molecule has 1 unspecified atom stereocenters. The molecule has 2 heterocycles. The molecule has 146 valence electrons. The number of aryl methyl sites for hydroxylation is 1. The maximum Gasteiger partial charge on any atom is 0.191 e. The molecule has 28 heavy (non-hydrogen) atoms. The number of ether oxygens (including phenoxy) is 2. The molecular formula is C22H26N4O2. The van der Waals surface area contributed by atoms with Crippen LogP contribution < -0.4 is 20.1 Å². The fraction of sp³-hybridized carbons (Fsp3) is 0.318. The van der Waals surface area contributed by atoms with E-state index in [2.05, 4.69) is 51.1 Å². The number of aromatic amines is 1. The number of benzene rings is 2. The number of aliphatic imine (C=N–C) groups is 1. The van der Waals surface area contributed by atoms with Crippen molar-refractivity contribution >= 4 is 16.9 Å². The third-order valence-corrected chi connectivity index (χ3v) is 4.88. The minimum atomic E-state index is -0.0420. The average molecular weight is 378 g/mol. The number of rotatable bonds is 6. The summed E-state index contributed by atoms with van der Waals surface area (Å²) in [4.78, 5) is 7.62. The number of guanidine groups is 1. The number of aromatic nitrogens is 1. The van der Waals surface area contributed by atoms with E-state index in [9.17, 15) is 0 Å². The normalized spacial score (nSPS) is 16.2. The molecule has 0 bridgehead atoms. The summed E-state index contributed by atoms with van der Waals surface area (Å²) < 4.78 is 11.7. The highest BCUT2D eigenvalue weighted by molar-refractivity contribution is 5.83. The number of fused-ring (bicyclic) bond motifs is 2. The maximum absolute atomic E-state index is 5.97. The fourth-order valence-corrected chi connectivity index (χ4v) is 3.42. The summed E-state index contributed by atoms with van der Waals surface area (Å²) in [6.45, 7) is 2.02. The molecule has 6 heteroatoms. The van der Waals surface area contributed by atoms with Crippen LogP contribution in [0.15, 0.2) is 59.7 Å². The van der Waals surface area contributed by atoms with E-state index in [-0.39, 0.29) is 6.10 Å². The molecule has 0 aliphatic carbocycles. The second kappa shape index (κ2) is 8.69. The highest BCUT2D eigenvalue weighted by atomic mass is 16.6. The van der Waals surface area contributed by atoms with Crippen molar-refractivity contribution in [3.8, 4) is 11.5 Å². The predicted molar refractivity (Wildman–Crippen MR) is 112 cm³/mol. The van der Waals surface area contributed by atoms with Gasteiger partial charge in [0.15, 0.2) is 17.5 Å². The number of hydrogen-bond donors (Lipinski definition) is 3. The number of nitrogens with one attached hydrogen (secondary N) is 3. The lowest BCUT2D eigenvalue weighted by molar-refractivity contribution is 0.0936. The van der Waals surface area contributed by atoms with Crippen molar-refractivity contribution in [2.75, 3.05) is 26.7 Å². The van der Waals surface area contributed by atoms with Gasteiger partial charge in [-0.2, -0.15) is 0 Å². The van der Waals surface area contributed by atoms with Gasteiger partial charge in [-0.3, -0.25) is 4.99 Å². The van der Waals surface area contributed by atoms with Gasteiger partial charge in [-0.15, -0.1) is 0 Å². The molecule has 6 nitrogen and oxygen atoms in total. The molecule has 0 saturated heterocycles. The van der Waals surface area contributed by atoms with E-state index in [1.165, 1.54) is 16.5 Å². The topological polar surface area (TPSA) is 70.7 Å². The molecule has 0 amide bonds. The predicted octanol–water partition coefficient (Wildman–Crippen LogP) is 3.11. The van der Waals surface area contributed by atoms with Gasteiger partial charge in [0.25, 0.3) is 0 Å². The van der Waals surface area contributed by atoms with Gasteiger partial charge in [0.05, 0.1) is 6.54 Å². The van der Waals surface area contributed by atoms with E-state index in [1.54, 1.807) is 7.05 Å². The highest BCUT2D eigenvalue weighted by Gasteiger charge is 2.20. The van der Waals surface area contributed by atoms with E-state index in [1.807, 2.05) is 24.3 Å². The molecule has 0 saturated carbocycles. The van der Waals surface area contributed by atoms with E-state index in [0.717, 1.165) is 36.8 Å². The third-order valence-electron chi connectivity index (χ3n) is 4.88. The van der Waals surface area contributed by atoms with Crippen molar-refractivity contribution in [2.45, 2.75) is 18.9 Å². The summed E-state index contributed by atoms with van der Waals surface area (Å²) in [6, 6.07) is 16.2. The lowest BCUT2D eigenvalue weighted by Gasteiger charge is -2.27. The Morgan fingerprint density at radius 3 is 2.82 bits per heavy atom. The van der Waals surface area contributed by atoms with Crippen LogP contribution in [0.3, 0.4) is 0 Å². The van der Waals surface area contributed by atoms with Crippen molar-refractivity contribution in [1.29, 1.82) is 0 Å². The highest BCUT2D eigenvalue weighted by Crippen LogP contribution is 2.30. The molecule has 4 rings (SSSR count). The Morgan fingerprint density at radius 1 is 1.11 bits per heavy atom. The first-order valence-corrected chi connectivity index (χ1v) is 9.71. The lowest BCUT2D eigenvalue weighted by Crippen LogP contribution is -2.45. The van der Waals surface area contributed by atoms with Crippen molar-refractivity contribution in [3.63, 3.8) is 0 Å². The van der Waals surface area contributed by atoms with Crippen LogP contribution in [0.25, 0.3) is 10.9 Å². The number of nitrogens with zero attached hydrogens (tertiary/aromatic N) is 1. The minimum absolute atomic E-state index is 0.0420. The average Bonchev–Trinajstić information content (AvgIpc) is 3.16. The van der Waals surface area contributed by atoms with Crippen LogP contribution in [-0.2, 0) is 6.42 Å². The van der Waals surface area contributed by atoms with E-state index < -0.39 is 0 Å². The van der Waals surface area contributed by atoms with Gasteiger partial charge in [-0.1, -0.05) is 30.3 Å². The zero-order valence-corrected chi connectivity index (χ0v) is 16.1. The summed E-state index contributed by atoms with van der Waals surface area (Å²) in [7, 11) is 1.78. The smallest absolute Gasteiger partial charge is 0.191 e. The SMILES string of the molecule is CN=C(NCCCc1c[nH]c2ccccc12)NCC1COc2ccccc2O1. The first-order valence-electron chi connectivity index (χ1n) is 9.71. The van der Waals surface area contributed by atoms with Crippen LogP contribution in [-0.4, -0.2) is 43.8 Å². The second-order valence-corrected chi connectivity index (χ2v) is 6.84. The van der Waals surface area contributed by atoms with Crippen molar-refractivity contribution < 1.29 is 9.47 Å². The van der Waals surface area contributed by atoms with Crippen LogP contribution in [0.2, 0.25) is 0 Å². The molecule has 0 fully saturated rings. The van der Waals surface area contributed by atoms with Crippen LogP contribution in [0.1, 0.15) is 12.0 Å². The quantitative estimate of drug-likeness (QED) is 0.350. The number of hydrogen-bond acceptors (Lipinski definition) is 3. The lowest BCUT2D eigenvalue weighted by atomic mass is 10.1. The molecule has 1 aromatic heterocycles. The zero-order valence-electron chi connectivity index (χ0n) is 16.1. The molecule has 3 N–H and O–H groups in total. The molecule has 1 aliphatic heterocycles. The standard InChI is InChI=1S/C22H26N4O2/c1-23-22(26-14-17-15-27-20-10-4-5-11-21(20)28-17)24-12-6-7-16-13-25-19-9-3-2-8-18(16)19/h2-5,8-11,13,17,25H,6-7,12,14-15H2,1H3,(H2,23,24,26). The van der Waals surface area contributed by atoms with Crippen molar-refractivity contribution in [1.82, 2.24) is 15.6 Å². The summed E-state index contributed by atoms with van der Waals surface area (Å²) in [5.41, 5.74) is 2.55. The van der Waals surface area contributed by atoms with E-state index in [4.69, 9.17) is 9.47 Å². The molecule has 2 aromatic carbocycles. The summed E-state index contributed by atoms with van der Waals surface area (Å²) in [6.07, 6.45) is 4.11. The first-order chi connectivity index (χ1) is 13.8. The Balaban J connectivity index is 1.20. The zero-order chi connectivity index (χ0) is 19.2. The fourth-order valence-electron chi connectivity index (χ4n) is 3.42. The molecule has 1 atom stereocenters. The Bertz CT molecular complexity index is 950. The third kappa shape index (κ3) is 4.22. The summed E-state index contributed by atoms with van der Waals surface area (Å²) >= 11 is 0. The van der Waals surface area contributed by atoms with Gasteiger partial charge < -0.3 is 25.1 Å². The van der Waals surface area contributed by atoms with Gasteiger partial charge >= 0.3 is 0 Å². The Labute approximate surface area is 165 Å². The van der Waals surface area contributed by atoms with Gasteiger partial charge in [0, 0.05) is 30.7 Å². The van der Waals surface area contributed by atoms with Crippen molar-refractivity contribution in [3.05, 3.63) is 60.3 Å². The largest absolute Gasteiger partial charge is 0.486 e. The monoisotopic (exact) mass is 378 g/mol. The van der Waals surface area contributed by atoms with Crippen molar-refractivity contribution in [2.24, 2.45) is 4.99 Å². The molecule has 3 aromatic rings. The molecular weight excluding hydrogens is 352 g/mol. The van der Waals surface area contributed by atoms with Crippen LogP contribution in [0.4, 0.5) is 0 Å². The van der Waals surface area contributed by atoms with Crippen LogP contribution in [0, 0.1) is 0 Å². The van der Waals surface area contributed by atoms with Gasteiger partial charge in [-0.05, 0) is 36.6 Å². The number of para-hydroxylation sites is 3.